The normalized spacial score (nSPS) is 13.5. The van der Waals surface area contributed by atoms with Crippen LogP contribution in [0, 0.1) is 0 Å². The quantitative estimate of drug-likeness (QED) is 0.258. The molecule has 0 bridgehead atoms. The number of rotatable bonds is 11. The Labute approximate surface area is 215 Å². The number of nitrogens with one attached hydrogen (secondary N) is 2. The summed E-state index contributed by atoms with van der Waals surface area (Å²) in [6.07, 6.45) is 2.80. The lowest BCUT2D eigenvalue weighted by Gasteiger charge is -2.36. The highest BCUT2D eigenvalue weighted by molar-refractivity contribution is 7.80. The summed E-state index contributed by atoms with van der Waals surface area (Å²) in [6, 6.07) is 4.38. The van der Waals surface area contributed by atoms with E-state index in [0.717, 1.165) is 19.3 Å². The molecule has 9 heteroatoms. The number of phenolic OH excluding ortho intramolecular Hbond substituents is 1. The molecule has 2 atom stereocenters. The summed E-state index contributed by atoms with van der Waals surface area (Å²) in [7, 11) is 0. The van der Waals surface area contributed by atoms with Crippen molar-refractivity contribution < 1.29 is 24.2 Å². The first-order valence-electron chi connectivity index (χ1n) is 12.2. The summed E-state index contributed by atoms with van der Waals surface area (Å²) < 4.78 is 5.32. The third-order valence-electron chi connectivity index (χ3n) is 5.00. The molecule has 1 aromatic rings. The van der Waals surface area contributed by atoms with Crippen LogP contribution in [-0.2, 0) is 14.3 Å². The molecule has 8 nitrogen and oxygen atoms in total. The van der Waals surface area contributed by atoms with Crippen molar-refractivity contribution in [1.29, 1.82) is 0 Å². The Balaban J connectivity index is 3.42. The lowest BCUT2D eigenvalue weighted by atomic mass is 9.99. The van der Waals surface area contributed by atoms with Crippen molar-refractivity contribution >= 4 is 30.5 Å². The molecule has 0 radical (unpaired) electrons. The van der Waals surface area contributed by atoms with Crippen LogP contribution in [0.2, 0.25) is 0 Å². The van der Waals surface area contributed by atoms with Crippen molar-refractivity contribution in [2.75, 3.05) is 12.3 Å². The molecule has 1 aromatic carbocycles. The van der Waals surface area contributed by atoms with Crippen LogP contribution in [0.4, 0.5) is 4.79 Å². The summed E-state index contributed by atoms with van der Waals surface area (Å²) in [5, 5.41) is 16.1. The molecular weight excluding hydrogens is 466 g/mol. The summed E-state index contributed by atoms with van der Waals surface area (Å²) in [5.74, 6) is -0.967. The summed E-state index contributed by atoms with van der Waals surface area (Å²) in [5.41, 5.74) is -0.985. The van der Waals surface area contributed by atoms with E-state index in [1.165, 1.54) is 11.0 Å². The first kappa shape index (κ1) is 30.6. The van der Waals surface area contributed by atoms with E-state index in [9.17, 15) is 19.5 Å². The van der Waals surface area contributed by atoms with Gasteiger partial charge in [0.1, 0.15) is 23.4 Å². The Morgan fingerprint density at radius 1 is 1.06 bits per heavy atom. The fraction of sp³-hybridized carbons (Fsp3) is 0.654. The smallest absolute Gasteiger partial charge is 0.408 e. The fourth-order valence-electron chi connectivity index (χ4n) is 3.52. The number of thiol groups is 1. The van der Waals surface area contributed by atoms with Gasteiger partial charge in [-0.15, -0.1) is 0 Å². The molecular formula is C26H43N3O5S. The number of carbonyl (C=O) groups excluding carboxylic acids is 3. The van der Waals surface area contributed by atoms with E-state index in [-0.39, 0.29) is 18.0 Å². The van der Waals surface area contributed by atoms with Crippen LogP contribution in [0.25, 0.3) is 0 Å². The molecule has 0 aliphatic heterocycles. The number of alkyl carbamates (subject to hydrolysis) is 1. The van der Waals surface area contributed by atoms with E-state index in [1.54, 1.807) is 39.0 Å². The number of unbranched alkanes of at least 4 members (excludes halogenated alkanes) is 3. The predicted molar refractivity (Wildman–Crippen MR) is 142 cm³/mol. The van der Waals surface area contributed by atoms with E-state index in [2.05, 4.69) is 30.2 Å². The highest BCUT2D eigenvalue weighted by Gasteiger charge is 2.37. The SMILES string of the molecule is CCCCCCN(C(=O)C(CS)NC(=O)OC(C)(C)C)C(C(=O)NC(C)(C)C)c1ccccc1O. The van der Waals surface area contributed by atoms with Crippen molar-refractivity contribution in [2.45, 2.75) is 97.4 Å². The summed E-state index contributed by atoms with van der Waals surface area (Å²) in [6.45, 7) is 13.1. The second-order valence-electron chi connectivity index (χ2n) is 10.7. The lowest BCUT2D eigenvalue weighted by molar-refractivity contribution is -0.142. The topological polar surface area (TPSA) is 108 Å². The third kappa shape index (κ3) is 10.8. The minimum absolute atomic E-state index is 0.0118. The number of phenols is 1. The molecule has 3 N–H and O–H groups in total. The van der Waals surface area contributed by atoms with Gasteiger partial charge in [0.15, 0.2) is 0 Å². The van der Waals surface area contributed by atoms with Gasteiger partial charge in [0.25, 0.3) is 0 Å². The number of aromatic hydroxyl groups is 1. The number of nitrogens with zero attached hydrogens (tertiary/aromatic N) is 1. The van der Waals surface area contributed by atoms with Gasteiger partial charge in [-0.25, -0.2) is 4.79 Å². The number of hydrogen-bond donors (Lipinski definition) is 4. The molecule has 0 fully saturated rings. The van der Waals surface area contributed by atoms with Gasteiger partial charge in [-0.2, -0.15) is 12.6 Å². The number of para-hydroxylation sites is 1. The Morgan fingerprint density at radius 3 is 2.20 bits per heavy atom. The number of hydrogen-bond acceptors (Lipinski definition) is 6. The van der Waals surface area contributed by atoms with Gasteiger partial charge in [0.2, 0.25) is 11.8 Å². The minimum Gasteiger partial charge on any atom is -0.508 e. The molecule has 0 saturated heterocycles. The maximum Gasteiger partial charge on any atom is 0.408 e. The molecule has 0 aliphatic carbocycles. The van der Waals surface area contributed by atoms with Gasteiger partial charge >= 0.3 is 6.09 Å². The highest BCUT2D eigenvalue weighted by atomic mass is 32.1. The molecule has 2 unspecified atom stereocenters. The molecule has 0 spiro atoms. The van der Waals surface area contributed by atoms with Crippen LogP contribution in [0.15, 0.2) is 24.3 Å². The first-order chi connectivity index (χ1) is 16.2. The number of carbonyl (C=O) groups is 3. The maximum absolute atomic E-state index is 13.8. The lowest BCUT2D eigenvalue weighted by Crippen LogP contribution is -2.55. The number of benzene rings is 1. The van der Waals surface area contributed by atoms with Crippen molar-refractivity contribution in [3.05, 3.63) is 29.8 Å². The van der Waals surface area contributed by atoms with Gasteiger partial charge in [-0.05, 0) is 54.0 Å². The minimum atomic E-state index is -1.09. The van der Waals surface area contributed by atoms with Crippen molar-refractivity contribution in [2.24, 2.45) is 0 Å². The van der Waals surface area contributed by atoms with Crippen LogP contribution < -0.4 is 10.6 Å². The zero-order chi connectivity index (χ0) is 26.8. The average Bonchev–Trinajstić information content (AvgIpc) is 2.72. The second-order valence-corrected chi connectivity index (χ2v) is 11.0. The molecule has 0 aliphatic rings. The first-order valence-corrected chi connectivity index (χ1v) is 12.8. The molecule has 3 amide bonds. The van der Waals surface area contributed by atoms with Gasteiger partial charge < -0.3 is 25.4 Å². The van der Waals surface area contributed by atoms with Crippen LogP contribution in [-0.4, -0.2) is 57.4 Å². The van der Waals surface area contributed by atoms with E-state index < -0.39 is 41.1 Å². The molecule has 0 heterocycles. The standard InChI is InChI=1S/C26H43N3O5S/c1-8-9-10-13-16-29(23(32)19(17-35)27-24(33)34-26(5,6)7)21(22(31)28-25(2,3)4)18-14-11-12-15-20(18)30/h11-12,14-15,19,21,30,35H,8-10,13,16-17H2,1-7H3,(H,27,33)(H,28,31). The molecule has 35 heavy (non-hydrogen) atoms. The summed E-state index contributed by atoms with van der Waals surface area (Å²) >= 11 is 4.29. The predicted octanol–water partition coefficient (Wildman–Crippen LogP) is 4.58. The van der Waals surface area contributed by atoms with E-state index >= 15 is 0 Å². The van der Waals surface area contributed by atoms with E-state index in [0.29, 0.717) is 12.0 Å². The fourth-order valence-corrected chi connectivity index (χ4v) is 3.77. The Morgan fingerprint density at radius 2 is 1.69 bits per heavy atom. The Kier molecular flexibility index (Phi) is 11.9. The van der Waals surface area contributed by atoms with Gasteiger partial charge in [0, 0.05) is 23.4 Å². The summed E-state index contributed by atoms with van der Waals surface area (Å²) in [4.78, 5) is 41.1. The van der Waals surface area contributed by atoms with Crippen LogP contribution >= 0.6 is 12.6 Å². The maximum atomic E-state index is 13.8. The monoisotopic (exact) mass is 509 g/mol. The number of amides is 3. The number of ether oxygens (including phenoxy) is 1. The zero-order valence-electron chi connectivity index (χ0n) is 22.2. The van der Waals surface area contributed by atoms with E-state index in [4.69, 9.17) is 4.74 Å². The average molecular weight is 510 g/mol. The van der Waals surface area contributed by atoms with Crippen LogP contribution in [0.3, 0.4) is 0 Å². The van der Waals surface area contributed by atoms with Gasteiger partial charge in [-0.3, -0.25) is 9.59 Å². The van der Waals surface area contributed by atoms with Gasteiger partial charge in [0.05, 0.1) is 0 Å². The van der Waals surface area contributed by atoms with E-state index in [1.807, 2.05) is 20.8 Å². The molecule has 1 rings (SSSR count). The highest BCUT2D eigenvalue weighted by Crippen LogP contribution is 2.30. The van der Waals surface area contributed by atoms with Crippen LogP contribution in [0.5, 0.6) is 5.75 Å². The molecule has 0 aromatic heterocycles. The van der Waals surface area contributed by atoms with Crippen LogP contribution in [0.1, 0.15) is 85.8 Å². The Hall–Kier alpha value is -2.42. The van der Waals surface area contributed by atoms with Crippen molar-refractivity contribution in [3.63, 3.8) is 0 Å². The van der Waals surface area contributed by atoms with Crippen molar-refractivity contribution in [3.8, 4) is 5.75 Å². The third-order valence-corrected chi connectivity index (χ3v) is 5.36. The zero-order valence-corrected chi connectivity index (χ0v) is 23.1. The van der Waals surface area contributed by atoms with Crippen molar-refractivity contribution in [1.82, 2.24) is 15.5 Å². The molecule has 0 saturated carbocycles. The second kappa shape index (κ2) is 13.6. The molecule has 198 valence electrons. The largest absolute Gasteiger partial charge is 0.508 e. The van der Waals surface area contributed by atoms with Gasteiger partial charge in [-0.1, -0.05) is 44.4 Å². The Bertz CT molecular complexity index is 848.